The average Bonchev–Trinajstić information content (AvgIpc) is 3.36. The van der Waals surface area contributed by atoms with Gasteiger partial charge in [-0.2, -0.15) is 10.2 Å². The van der Waals surface area contributed by atoms with Crippen LogP contribution in [-0.2, 0) is 24.7 Å². The number of amides is 1. The molecule has 2 N–H and O–H groups in total. The fourth-order valence-electron chi connectivity index (χ4n) is 4.21. The number of carbonyl (C=O) groups excluding carboxylic acids is 1. The zero-order valence-electron chi connectivity index (χ0n) is 18.0. The Balaban J connectivity index is 1.71. The van der Waals surface area contributed by atoms with E-state index in [1.54, 1.807) is 31.2 Å². The summed E-state index contributed by atoms with van der Waals surface area (Å²) < 4.78 is 12.5. The molecule has 1 aliphatic rings. The van der Waals surface area contributed by atoms with Crippen LogP contribution in [0.5, 0.6) is 11.5 Å². The number of carbonyl (C=O) groups is 1. The zero-order valence-corrected chi connectivity index (χ0v) is 19.5. The molecular formula is C22H23Cl2N5O3. The minimum Gasteiger partial charge on any atom is -0.495 e. The number of fused-ring (bicyclic) bond motifs is 1. The second kappa shape index (κ2) is 8.88. The molecular weight excluding hydrogens is 453 g/mol. The highest BCUT2D eigenvalue weighted by Gasteiger charge is 2.31. The Hall–Kier alpha value is -2.97. The van der Waals surface area contributed by atoms with E-state index in [-0.39, 0.29) is 11.8 Å². The number of hydrogen-bond donors (Lipinski definition) is 2. The summed E-state index contributed by atoms with van der Waals surface area (Å²) in [4.78, 5) is 11.8. The standard InChI is InChI=1S/C22H23Cl2N5O3/c1-5-17(30)26-14-10-25-29(2)22(14)21-12-7-6-11(8-13(12)27-28-21)18-19(23)15(31-3)9-16(32-4)20(18)24/h5,9-11H,1,6-8H2,2-4H3,(H,26,30)(H,27,28). The molecule has 0 radical (unpaired) electrons. The van der Waals surface area contributed by atoms with E-state index in [0.29, 0.717) is 33.7 Å². The van der Waals surface area contributed by atoms with Crippen LogP contribution < -0.4 is 14.8 Å². The molecule has 4 rings (SSSR count). The fraction of sp³-hybridized carbons (Fsp3) is 0.318. The van der Waals surface area contributed by atoms with Gasteiger partial charge in [-0.05, 0) is 31.3 Å². The first kappa shape index (κ1) is 22.2. The number of rotatable bonds is 6. The van der Waals surface area contributed by atoms with Gasteiger partial charge >= 0.3 is 0 Å². The van der Waals surface area contributed by atoms with Gasteiger partial charge in [-0.3, -0.25) is 14.6 Å². The Morgan fingerprint density at radius 1 is 1.31 bits per heavy atom. The van der Waals surface area contributed by atoms with Crippen LogP contribution in [-0.4, -0.2) is 40.1 Å². The van der Waals surface area contributed by atoms with Crippen molar-refractivity contribution in [1.82, 2.24) is 20.0 Å². The molecule has 0 fully saturated rings. The summed E-state index contributed by atoms with van der Waals surface area (Å²) in [5.74, 6) is 0.805. The maximum absolute atomic E-state index is 11.8. The van der Waals surface area contributed by atoms with Crippen LogP contribution in [0.2, 0.25) is 10.0 Å². The van der Waals surface area contributed by atoms with Crippen LogP contribution in [0.25, 0.3) is 11.4 Å². The number of aromatic nitrogens is 4. The third kappa shape index (κ3) is 3.73. The number of methoxy groups -OCH3 is 2. The first-order valence-corrected chi connectivity index (χ1v) is 10.8. The van der Waals surface area contributed by atoms with E-state index in [9.17, 15) is 4.79 Å². The van der Waals surface area contributed by atoms with Gasteiger partial charge in [-0.15, -0.1) is 0 Å². The maximum Gasteiger partial charge on any atom is 0.247 e. The number of nitrogens with one attached hydrogen (secondary N) is 2. The van der Waals surface area contributed by atoms with Crippen LogP contribution in [0.3, 0.4) is 0 Å². The monoisotopic (exact) mass is 475 g/mol. The second-order valence-corrected chi connectivity index (χ2v) is 8.27. The SMILES string of the molecule is C=CC(=O)Nc1cnn(C)c1-c1n[nH]c2c1CCC(c1c(Cl)c(OC)cc(OC)c1Cl)C2. The van der Waals surface area contributed by atoms with E-state index in [1.807, 2.05) is 7.05 Å². The summed E-state index contributed by atoms with van der Waals surface area (Å²) in [5, 5.41) is 15.8. The molecule has 8 nitrogen and oxygen atoms in total. The normalized spacial score (nSPS) is 15.2. The Labute approximate surface area is 195 Å². The third-order valence-electron chi connectivity index (χ3n) is 5.77. The number of anilines is 1. The van der Waals surface area contributed by atoms with Crippen molar-refractivity contribution in [2.75, 3.05) is 19.5 Å². The van der Waals surface area contributed by atoms with Gasteiger partial charge in [0.05, 0.1) is 36.1 Å². The molecule has 32 heavy (non-hydrogen) atoms. The average molecular weight is 476 g/mol. The lowest BCUT2D eigenvalue weighted by molar-refractivity contribution is -0.111. The maximum atomic E-state index is 11.8. The van der Waals surface area contributed by atoms with Crippen LogP contribution in [0.1, 0.15) is 29.2 Å². The minimum atomic E-state index is -0.306. The molecule has 1 amide bonds. The predicted octanol–water partition coefficient (Wildman–Crippen LogP) is 4.53. The van der Waals surface area contributed by atoms with Crippen molar-refractivity contribution in [3.63, 3.8) is 0 Å². The summed E-state index contributed by atoms with van der Waals surface area (Å²) in [6.45, 7) is 3.50. The van der Waals surface area contributed by atoms with Crippen molar-refractivity contribution in [3.05, 3.63) is 51.8 Å². The number of aromatic amines is 1. The van der Waals surface area contributed by atoms with Crippen molar-refractivity contribution in [1.29, 1.82) is 0 Å². The number of ether oxygens (including phenoxy) is 2. The van der Waals surface area contributed by atoms with Crippen LogP contribution in [0, 0.1) is 0 Å². The lowest BCUT2D eigenvalue weighted by Gasteiger charge is -2.26. The van der Waals surface area contributed by atoms with Crippen LogP contribution >= 0.6 is 23.2 Å². The van der Waals surface area contributed by atoms with Gasteiger partial charge < -0.3 is 14.8 Å². The number of benzene rings is 1. The molecule has 10 heteroatoms. The van der Waals surface area contributed by atoms with Crippen molar-refractivity contribution in [2.24, 2.45) is 7.05 Å². The Kier molecular flexibility index (Phi) is 6.17. The predicted molar refractivity (Wildman–Crippen MR) is 124 cm³/mol. The van der Waals surface area contributed by atoms with Gasteiger partial charge in [-0.25, -0.2) is 0 Å². The van der Waals surface area contributed by atoms with E-state index < -0.39 is 0 Å². The largest absolute Gasteiger partial charge is 0.495 e. The first-order valence-electron chi connectivity index (χ1n) is 10.0. The van der Waals surface area contributed by atoms with Gasteiger partial charge in [0.1, 0.15) is 22.9 Å². The molecule has 0 aliphatic heterocycles. The quantitative estimate of drug-likeness (QED) is 0.510. The number of halogens is 2. The Bertz CT molecular complexity index is 1170. The van der Waals surface area contributed by atoms with Crippen LogP contribution in [0.15, 0.2) is 24.9 Å². The van der Waals surface area contributed by atoms with Crippen molar-refractivity contribution in [2.45, 2.75) is 25.2 Å². The Morgan fingerprint density at radius 2 is 2.00 bits per heavy atom. The fourth-order valence-corrected chi connectivity index (χ4v) is 5.01. The smallest absolute Gasteiger partial charge is 0.247 e. The van der Waals surface area contributed by atoms with Gasteiger partial charge in [0.2, 0.25) is 5.91 Å². The zero-order chi connectivity index (χ0) is 23.0. The highest BCUT2D eigenvalue weighted by molar-refractivity contribution is 6.38. The van der Waals surface area contributed by atoms with Crippen molar-refractivity contribution >= 4 is 34.8 Å². The summed E-state index contributed by atoms with van der Waals surface area (Å²) in [6, 6.07) is 1.69. The Morgan fingerprint density at radius 3 is 2.62 bits per heavy atom. The van der Waals surface area contributed by atoms with Gasteiger partial charge in [0.15, 0.2) is 0 Å². The molecule has 0 saturated heterocycles. The molecule has 0 spiro atoms. The molecule has 0 bridgehead atoms. The van der Waals surface area contributed by atoms with E-state index >= 15 is 0 Å². The van der Waals surface area contributed by atoms with Gasteiger partial charge in [-0.1, -0.05) is 29.8 Å². The lowest BCUT2D eigenvalue weighted by Crippen LogP contribution is -2.14. The summed E-state index contributed by atoms with van der Waals surface area (Å²) in [6.07, 6.45) is 5.05. The highest BCUT2D eigenvalue weighted by atomic mass is 35.5. The topological polar surface area (TPSA) is 94.1 Å². The second-order valence-electron chi connectivity index (χ2n) is 7.52. The highest BCUT2D eigenvalue weighted by Crippen LogP contribution is 2.48. The summed E-state index contributed by atoms with van der Waals surface area (Å²) >= 11 is 13.3. The molecule has 3 aromatic rings. The molecule has 0 saturated carbocycles. The number of H-pyrrole nitrogens is 1. The number of nitrogens with zero attached hydrogens (tertiary/aromatic N) is 3. The minimum absolute atomic E-state index is 0.0614. The molecule has 2 aromatic heterocycles. The molecule has 1 atom stereocenters. The van der Waals surface area contributed by atoms with E-state index in [1.165, 1.54) is 6.08 Å². The molecule has 168 valence electrons. The molecule has 2 heterocycles. The first-order chi connectivity index (χ1) is 15.4. The van der Waals surface area contributed by atoms with E-state index in [0.717, 1.165) is 41.1 Å². The number of aryl methyl sites for hydroxylation is 1. The van der Waals surface area contributed by atoms with E-state index in [2.05, 4.69) is 27.2 Å². The van der Waals surface area contributed by atoms with Crippen molar-refractivity contribution in [3.8, 4) is 22.9 Å². The number of hydrogen-bond acceptors (Lipinski definition) is 5. The van der Waals surface area contributed by atoms with Crippen molar-refractivity contribution < 1.29 is 14.3 Å². The summed E-state index contributed by atoms with van der Waals surface area (Å²) in [5.41, 5.74) is 4.96. The third-order valence-corrected chi connectivity index (χ3v) is 6.55. The molecule has 1 unspecified atom stereocenters. The molecule has 1 aliphatic carbocycles. The van der Waals surface area contributed by atoms with E-state index in [4.69, 9.17) is 32.7 Å². The molecule has 1 aromatic carbocycles. The van der Waals surface area contributed by atoms with Crippen LogP contribution in [0.4, 0.5) is 5.69 Å². The summed E-state index contributed by atoms with van der Waals surface area (Å²) in [7, 11) is 4.94. The van der Waals surface area contributed by atoms with Gasteiger partial charge in [0.25, 0.3) is 0 Å². The van der Waals surface area contributed by atoms with Gasteiger partial charge in [0, 0.05) is 29.9 Å². The lowest BCUT2D eigenvalue weighted by atomic mass is 9.82.